The van der Waals surface area contributed by atoms with Gasteiger partial charge in [-0.2, -0.15) is 0 Å². The van der Waals surface area contributed by atoms with Crippen LogP contribution >= 0.6 is 0 Å². The van der Waals surface area contributed by atoms with Gasteiger partial charge in [-0.05, 0) is 153 Å². The van der Waals surface area contributed by atoms with Crippen LogP contribution in [0.3, 0.4) is 0 Å². The molecule has 2 aliphatic carbocycles. The van der Waals surface area contributed by atoms with E-state index in [9.17, 15) is 38.4 Å². The number of fused-ring (bicyclic) bond motifs is 3. The number of likely N-dealkylation sites (tertiary alicyclic amines) is 1. The van der Waals surface area contributed by atoms with Gasteiger partial charge in [-0.3, -0.25) is 33.6 Å². The van der Waals surface area contributed by atoms with Gasteiger partial charge in [-0.25, -0.2) is 4.79 Å². The molecule has 0 spiro atoms. The van der Waals surface area contributed by atoms with Crippen LogP contribution in [0.1, 0.15) is 154 Å². The molecule has 1 saturated heterocycles. The molecule has 0 bridgehead atoms. The molecule has 0 saturated carbocycles. The van der Waals surface area contributed by atoms with Gasteiger partial charge in [0.2, 0.25) is 35.4 Å². The normalized spacial score (nSPS) is 21.1. The van der Waals surface area contributed by atoms with Crippen molar-refractivity contribution in [3.05, 3.63) is 136 Å². The Kier molecular flexibility index (Phi) is 18.5. The molecule has 8 rings (SSSR count). The van der Waals surface area contributed by atoms with Crippen molar-refractivity contribution >= 4 is 47.3 Å². The maximum Gasteiger partial charge on any atom is 0.343 e. The summed E-state index contributed by atoms with van der Waals surface area (Å²) in [4.78, 5) is 116. The minimum atomic E-state index is -0.983. The predicted molar refractivity (Wildman–Crippen MR) is 308 cm³/mol. The highest BCUT2D eigenvalue weighted by molar-refractivity contribution is 5.98. The maximum absolute atomic E-state index is 14.9. The molecule has 7 amide bonds. The molecule has 7 N–H and O–H groups in total. The van der Waals surface area contributed by atoms with Gasteiger partial charge in [0.05, 0.1) is 29.7 Å². The van der Waals surface area contributed by atoms with Crippen LogP contribution in [0.2, 0.25) is 0 Å². The molecule has 2 aliphatic heterocycles. The summed E-state index contributed by atoms with van der Waals surface area (Å²) >= 11 is 0. The van der Waals surface area contributed by atoms with Crippen molar-refractivity contribution in [3.63, 3.8) is 0 Å². The summed E-state index contributed by atoms with van der Waals surface area (Å²) in [7, 11) is 3.32. The minimum Gasteiger partial charge on any atom is -0.423 e. The summed E-state index contributed by atoms with van der Waals surface area (Å²) in [5.74, 6) is -3.20. The van der Waals surface area contributed by atoms with Crippen molar-refractivity contribution in [2.45, 2.75) is 168 Å². The van der Waals surface area contributed by atoms with Crippen LogP contribution in [0.4, 0.5) is 0 Å². The van der Waals surface area contributed by atoms with Crippen molar-refractivity contribution < 1.29 is 43.1 Å². The summed E-state index contributed by atoms with van der Waals surface area (Å²) < 4.78 is 5.91. The second-order valence-corrected chi connectivity index (χ2v) is 24.4. The van der Waals surface area contributed by atoms with E-state index in [1.54, 1.807) is 46.1 Å². The smallest absolute Gasteiger partial charge is 0.343 e. The fourth-order valence-corrected chi connectivity index (χ4v) is 11.5. The zero-order chi connectivity index (χ0) is 58.5. The van der Waals surface area contributed by atoms with Gasteiger partial charge in [-0.1, -0.05) is 96.1 Å². The zero-order valence-corrected chi connectivity index (χ0v) is 48.5. The fraction of sp³-hybridized carbons (Fsp3) is 0.492. The number of carbonyl (C=O) groups is 8. The first-order chi connectivity index (χ1) is 38.4. The summed E-state index contributed by atoms with van der Waals surface area (Å²) in [5, 5.41) is 21.2. The molecule has 18 heteroatoms. The Morgan fingerprint density at radius 3 is 1.58 bits per heavy atom. The Morgan fingerprint density at radius 1 is 0.568 bits per heavy atom. The summed E-state index contributed by atoms with van der Waals surface area (Å²) in [6, 6.07) is 21.1. The zero-order valence-electron chi connectivity index (χ0n) is 48.5. The van der Waals surface area contributed by atoms with Gasteiger partial charge < -0.3 is 51.8 Å². The largest absolute Gasteiger partial charge is 0.423 e. The monoisotopic (exact) mass is 1110 g/mol. The number of hydrogen-bond donors (Lipinski definition) is 7. The molecule has 0 unspecified atom stereocenters. The van der Waals surface area contributed by atoms with Gasteiger partial charge in [0.25, 0.3) is 5.91 Å². The second kappa shape index (κ2) is 25.1. The molecule has 4 aromatic rings. The third-order valence-corrected chi connectivity index (χ3v) is 16.5. The molecule has 1 fully saturated rings. The van der Waals surface area contributed by atoms with E-state index >= 15 is 0 Å². The Hall–Kier alpha value is -7.44. The molecule has 9 atom stereocenters. The third-order valence-electron chi connectivity index (χ3n) is 16.5. The van der Waals surface area contributed by atoms with Crippen LogP contribution in [-0.2, 0) is 54.6 Å². The van der Waals surface area contributed by atoms with Crippen LogP contribution in [0.15, 0.2) is 91.0 Å². The van der Waals surface area contributed by atoms with Crippen LogP contribution < -0.4 is 42.0 Å². The van der Waals surface area contributed by atoms with E-state index in [1.807, 2.05) is 77.9 Å². The highest BCUT2D eigenvalue weighted by Gasteiger charge is 2.47. The minimum absolute atomic E-state index is 0.00377. The number of benzene rings is 4. The predicted octanol–water partition coefficient (Wildman–Crippen LogP) is 5.52. The van der Waals surface area contributed by atoms with E-state index in [0.29, 0.717) is 5.56 Å². The number of carbonyl (C=O) groups excluding carboxylic acids is 8. The van der Waals surface area contributed by atoms with Gasteiger partial charge in [-0.15, -0.1) is 0 Å². The van der Waals surface area contributed by atoms with Crippen LogP contribution in [-0.4, -0.2) is 120 Å². The van der Waals surface area contributed by atoms with E-state index in [-0.39, 0.29) is 78.5 Å². The van der Waals surface area contributed by atoms with Gasteiger partial charge >= 0.3 is 5.97 Å². The van der Waals surface area contributed by atoms with Gasteiger partial charge in [0.15, 0.2) is 0 Å². The summed E-state index contributed by atoms with van der Waals surface area (Å²) in [6.45, 7) is 14.6. The van der Waals surface area contributed by atoms with E-state index < -0.39 is 76.8 Å². The van der Waals surface area contributed by atoms with Crippen molar-refractivity contribution in [2.75, 3.05) is 20.6 Å². The quantitative estimate of drug-likeness (QED) is 0.0545. The molecule has 0 aromatic heterocycles. The number of esters is 1. The molecule has 4 aliphatic rings. The first-order valence-electron chi connectivity index (χ1n) is 28.5. The lowest BCUT2D eigenvalue weighted by atomic mass is 9.83. The lowest BCUT2D eigenvalue weighted by Crippen LogP contribution is -2.62. The molecule has 81 heavy (non-hydrogen) atoms. The number of aryl methyl sites for hydroxylation is 2. The van der Waals surface area contributed by atoms with Crippen molar-refractivity contribution in [1.82, 2.24) is 47.0 Å². The third kappa shape index (κ3) is 13.8. The Morgan fingerprint density at radius 2 is 1.06 bits per heavy atom. The number of ether oxygens (including phenoxy) is 1. The number of hydrogen-bond acceptors (Lipinski definition) is 11. The van der Waals surface area contributed by atoms with E-state index in [4.69, 9.17) is 4.74 Å². The van der Waals surface area contributed by atoms with E-state index in [0.717, 1.165) is 55.2 Å². The molecule has 18 nitrogen and oxygen atoms in total. The first kappa shape index (κ1) is 59.7. The van der Waals surface area contributed by atoms with Crippen LogP contribution in [0.5, 0.6) is 5.75 Å². The Bertz CT molecular complexity index is 3020. The Labute approximate surface area is 476 Å². The fourth-order valence-electron chi connectivity index (χ4n) is 11.5. The van der Waals surface area contributed by atoms with Gasteiger partial charge in [0, 0.05) is 31.1 Å². The van der Waals surface area contributed by atoms with Crippen molar-refractivity contribution in [2.24, 2.45) is 10.8 Å². The average molecular weight is 1110 g/mol. The average Bonchev–Trinajstić information content (AvgIpc) is 3.92. The van der Waals surface area contributed by atoms with Crippen LogP contribution in [0.25, 0.3) is 0 Å². The molecule has 4 aromatic carbocycles. The van der Waals surface area contributed by atoms with E-state index in [2.05, 4.69) is 49.4 Å². The summed E-state index contributed by atoms with van der Waals surface area (Å²) in [5.41, 5.74) is 4.84. The molecule has 0 radical (unpaired) electrons. The standard InChI is InChI=1S/C63H81N9O9/c1-36(64-9)54(73)69-52(62(3,4)5)59(78)71-34-43-31-45(30-29-42(43)32-50(71)57(76)67-48-23-15-19-38-17-11-13-21-46(38)48)81-61(80)41-27-25-40(26-28-41)56(75)66-44-33-51(58(77)68-49-24-16-20-39-18-12-14-22-47(39)49)72(35-44)60(79)53(63(6,7)8)70-55(74)37(2)65-10/h11-14,17-18,21-22,25-31,36-37,44,48-53,64-65H,15-16,19-20,23-24,32-35H2,1-10H3,(H,66,75)(H,67,76)(H,68,77)(H,69,73)(H,70,74)/t36-,37-,44-,48+,49+,50-,51-,52+,53+/m0/s1. The first-order valence-corrected chi connectivity index (χ1v) is 28.5. The number of nitrogens with zero attached hydrogens (tertiary/aromatic N) is 2. The number of nitrogens with one attached hydrogen (secondary N) is 7. The highest BCUT2D eigenvalue weighted by atomic mass is 16.5. The topological polar surface area (TPSA) is 236 Å². The molecular formula is C63H81N9O9. The van der Waals surface area contributed by atoms with Crippen molar-refractivity contribution in [1.29, 1.82) is 0 Å². The van der Waals surface area contributed by atoms with Crippen molar-refractivity contribution in [3.8, 4) is 5.75 Å². The van der Waals surface area contributed by atoms with Gasteiger partial charge in [0.1, 0.15) is 29.9 Å². The maximum atomic E-state index is 14.9. The Balaban J connectivity index is 0.972. The number of rotatable bonds is 16. The molecule has 432 valence electrons. The lowest BCUT2D eigenvalue weighted by Gasteiger charge is -2.41. The molecule has 2 heterocycles. The number of likely N-dealkylation sites (N-methyl/N-ethyl adjacent to an activating group) is 2. The lowest BCUT2D eigenvalue weighted by molar-refractivity contribution is -0.147. The summed E-state index contributed by atoms with van der Waals surface area (Å²) in [6.07, 6.45) is 5.43. The van der Waals surface area contributed by atoms with E-state index in [1.165, 1.54) is 45.2 Å². The number of amides is 7. The van der Waals surface area contributed by atoms with Crippen LogP contribution in [0, 0.1) is 10.8 Å². The SMILES string of the molecule is CN[C@@H](C)C(=O)N[C@H](C(=O)N1Cc2cc(OC(=O)c3ccc(C(=O)N[C@H]4C[C@@H](C(=O)N[C@@H]5CCCc6ccccc65)N(C(=O)[C@@H](NC(=O)[C@H](C)NC)C(C)(C)C)C4)cc3)ccc2C[C@H]1C(=O)N[C@@H]1CCCc2ccccc21)C(C)(C)C. The molecular weight excluding hydrogens is 1030 g/mol. The second-order valence-electron chi connectivity index (χ2n) is 24.4. The highest BCUT2D eigenvalue weighted by Crippen LogP contribution is 2.35.